The molecule has 1 atom stereocenters. The number of benzene rings is 1. The van der Waals surface area contributed by atoms with Crippen LogP contribution in [-0.4, -0.2) is 34.5 Å². The van der Waals surface area contributed by atoms with E-state index in [1.807, 2.05) is 25.1 Å². The summed E-state index contributed by atoms with van der Waals surface area (Å²) in [6, 6.07) is 6.74. The molecule has 2 fully saturated rings. The first-order chi connectivity index (χ1) is 11.9. The molecule has 1 heterocycles. The molecule has 1 aromatic carbocycles. The van der Waals surface area contributed by atoms with Crippen LogP contribution in [0.15, 0.2) is 24.3 Å². The summed E-state index contributed by atoms with van der Waals surface area (Å²) >= 11 is 0. The minimum Gasteiger partial charge on any atom is -0.481 e. The van der Waals surface area contributed by atoms with E-state index >= 15 is 0 Å². The average molecular weight is 345 g/mol. The molecule has 4 amide bonds. The average Bonchev–Trinajstić information content (AvgIpc) is 2.79. The molecule has 25 heavy (non-hydrogen) atoms. The summed E-state index contributed by atoms with van der Waals surface area (Å²) in [5, 5.41) is 3.55. The summed E-state index contributed by atoms with van der Waals surface area (Å²) < 4.78 is 5.59. The highest BCUT2D eigenvalue weighted by atomic mass is 16.5. The van der Waals surface area contributed by atoms with Crippen LogP contribution in [0.2, 0.25) is 0 Å². The molecule has 1 saturated carbocycles. The number of hydrogen-bond donors (Lipinski definition) is 2. The van der Waals surface area contributed by atoms with Gasteiger partial charge in [0.05, 0.1) is 0 Å². The van der Waals surface area contributed by atoms with Crippen LogP contribution in [-0.2, 0) is 9.59 Å². The van der Waals surface area contributed by atoms with Crippen LogP contribution < -0.4 is 15.5 Å². The zero-order chi connectivity index (χ0) is 18.0. The first-order valence-corrected chi connectivity index (χ1v) is 8.62. The molecule has 1 aromatic rings. The summed E-state index contributed by atoms with van der Waals surface area (Å²) in [6.07, 6.45) is 3.21. The third-order valence-corrected chi connectivity index (χ3v) is 4.76. The fraction of sp³-hybridized carbons (Fsp3) is 0.500. The lowest BCUT2D eigenvalue weighted by Crippen LogP contribution is -2.53. The van der Waals surface area contributed by atoms with Gasteiger partial charge in [0.25, 0.3) is 11.8 Å². The summed E-state index contributed by atoms with van der Waals surface area (Å²) in [5.74, 6) is -0.366. The van der Waals surface area contributed by atoms with Gasteiger partial charge in [-0.25, -0.2) is 4.79 Å². The highest BCUT2D eigenvalue weighted by Crippen LogP contribution is 2.33. The summed E-state index contributed by atoms with van der Waals surface area (Å²) in [7, 11) is 0. The van der Waals surface area contributed by atoms with Gasteiger partial charge in [0.15, 0.2) is 6.10 Å². The summed E-state index contributed by atoms with van der Waals surface area (Å²) in [5.41, 5.74) is 2.55. The van der Waals surface area contributed by atoms with Crippen LogP contribution >= 0.6 is 0 Å². The largest absolute Gasteiger partial charge is 0.481 e. The van der Waals surface area contributed by atoms with E-state index in [0.717, 1.165) is 29.8 Å². The van der Waals surface area contributed by atoms with Crippen molar-refractivity contribution in [2.45, 2.75) is 57.6 Å². The van der Waals surface area contributed by atoms with Gasteiger partial charge in [0, 0.05) is 0 Å². The van der Waals surface area contributed by atoms with Crippen molar-refractivity contribution in [2.75, 3.05) is 0 Å². The van der Waals surface area contributed by atoms with Crippen LogP contribution in [0.4, 0.5) is 4.79 Å². The van der Waals surface area contributed by atoms with Crippen molar-refractivity contribution in [1.29, 1.82) is 0 Å². The molecule has 2 N–H and O–H groups in total. The van der Waals surface area contributed by atoms with Crippen LogP contribution in [0.1, 0.15) is 44.6 Å². The number of carbonyl (C=O) groups excluding carboxylic acids is 3. The topological polar surface area (TPSA) is 87.7 Å². The van der Waals surface area contributed by atoms with Gasteiger partial charge >= 0.3 is 6.03 Å². The molecule has 2 aliphatic rings. The molecule has 0 aromatic heterocycles. The lowest BCUT2D eigenvalue weighted by atomic mass is 9.82. The maximum atomic E-state index is 12.6. The molecule has 1 aliphatic carbocycles. The van der Waals surface area contributed by atoms with Crippen LogP contribution in [0.3, 0.4) is 0 Å². The zero-order valence-corrected chi connectivity index (χ0v) is 14.5. The molecule has 1 spiro atoms. The van der Waals surface area contributed by atoms with Gasteiger partial charge in [-0.15, -0.1) is 0 Å². The number of hydrogen-bond acceptors (Lipinski definition) is 4. The van der Waals surface area contributed by atoms with Crippen molar-refractivity contribution < 1.29 is 19.1 Å². The number of hydrazine groups is 1. The molecule has 0 unspecified atom stereocenters. The number of nitrogens with zero attached hydrogens (tertiary/aromatic N) is 1. The zero-order valence-electron chi connectivity index (χ0n) is 14.5. The third kappa shape index (κ3) is 3.45. The van der Waals surface area contributed by atoms with Gasteiger partial charge in [-0.2, -0.15) is 5.01 Å². The van der Waals surface area contributed by atoms with Crippen LogP contribution in [0.25, 0.3) is 0 Å². The number of amides is 4. The molecule has 7 nitrogen and oxygen atoms in total. The SMILES string of the molecule is Cc1cccc(O[C@@H](C)C(=O)NN2C(=O)NC3(CCCCC3)C2=O)c1. The fourth-order valence-electron chi connectivity index (χ4n) is 3.36. The van der Waals surface area contributed by atoms with E-state index in [0.29, 0.717) is 18.6 Å². The maximum Gasteiger partial charge on any atom is 0.344 e. The number of carbonyl (C=O) groups is 3. The predicted molar refractivity (Wildman–Crippen MR) is 90.6 cm³/mol. The van der Waals surface area contributed by atoms with E-state index in [9.17, 15) is 14.4 Å². The Morgan fingerprint density at radius 3 is 2.68 bits per heavy atom. The third-order valence-electron chi connectivity index (χ3n) is 4.76. The molecular formula is C18H23N3O4. The number of aryl methyl sites for hydroxylation is 1. The Morgan fingerprint density at radius 2 is 2.00 bits per heavy atom. The Bertz CT molecular complexity index is 697. The van der Waals surface area contributed by atoms with Crippen LogP contribution in [0.5, 0.6) is 5.75 Å². The second-order valence-corrected chi connectivity index (χ2v) is 6.77. The minimum absolute atomic E-state index is 0.381. The molecule has 1 aliphatic heterocycles. The van der Waals surface area contributed by atoms with E-state index in [4.69, 9.17) is 4.74 Å². The maximum absolute atomic E-state index is 12.6. The van der Waals surface area contributed by atoms with Crippen LogP contribution in [0, 0.1) is 6.92 Å². The second-order valence-electron chi connectivity index (χ2n) is 6.77. The van der Waals surface area contributed by atoms with Crippen molar-refractivity contribution in [2.24, 2.45) is 0 Å². The van der Waals surface area contributed by atoms with E-state index < -0.39 is 23.6 Å². The Kier molecular flexibility index (Phi) is 4.65. The van der Waals surface area contributed by atoms with Gasteiger partial charge in [-0.3, -0.25) is 15.0 Å². The highest BCUT2D eigenvalue weighted by molar-refractivity contribution is 6.08. The smallest absolute Gasteiger partial charge is 0.344 e. The number of nitrogens with one attached hydrogen (secondary N) is 2. The predicted octanol–water partition coefficient (Wildman–Crippen LogP) is 2.05. The number of imide groups is 1. The Balaban J connectivity index is 1.64. The van der Waals surface area contributed by atoms with E-state index in [-0.39, 0.29) is 5.91 Å². The van der Waals surface area contributed by atoms with Crippen molar-refractivity contribution in [3.8, 4) is 5.75 Å². The minimum atomic E-state index is -0.858. The fourth-order valence-corrected chi connectivity index (χ4v) is 3.36. The molecule has 0 radical (unpaired) electrons. The van der Waals surface area contributed by atoms with Gasteiger partial charge in [-0.05, 0) is 44.4 Å². The summed E-state index contributed by atoms with van der Waals surface area (Å²) in [6.45, 7) is 3.50. The number of urea groups is 1. The molecule has 1 saturated heterocycles. The quantitative estimate of drug-likeness (QED) is 0.818. The Labute approximate surface area is 146 Å². The monoisotopic (exact) mass is 345 g/mol. The Morgan fingerprint density at radius 1 is 1.28 bits per heavy atom. The lowest BCUT2D eigenvalue weighted by Gasteiger charge is -2.30. The number of ether oxygens (including phenoxy) is 1. The standard InChI is InChI=1S/C18H23N3O4/c1-12-7-6-8-14(11-12)25-13(2)15(22)20-21-16(23)18(19-17(21)24)9-4-3-5-10-18/h6-8,11,13H,3-5,9-10H2,1-2H3,(H,19,24)(H,20,22)/t13-/m0/s1. The van der Waals surface area contributed by atoms with Crippen molar-refractivity contribution in [1.82, 2.24) is 15.8 Å². The molecule has 134 valence electrons. The number of rotatable bonds is 4. The first-order valence-electron chi connectivity index (χ1n) is 8.62. The van der Waals surface area contributed by atoms with Crippen molar-refractivity contribution in [3.05, 3.63) is 29.8 Å². The highest BCUT2D eigenvalue weighted by Gasteiger charge is 2.52. The van der Waals surface area contributed by atoms with Gasteiger partial charge in [0.1, 0.15) is 11.3 Å². The van der Waals surface area contributed by atoms with E-state index in [1.165, 1.54) is 0 Å². The normalized spacial score (nSPS) is 20.3. The van der Waals surface area contributed by atoms with E-state index in [1.54, 1.807) is 13.0 Å². The molecular weight excluding hydrogens is 322 g/mol. The second kappa shape index (κ2) is 6.74. The van der Waals surface area contributed by atoms with Crippen molar-refractivity contribution in [3.63, 3.8) is 0 Å². The van der Waals surface area contributed by atoms with Crippen molar-refractivity contribution >= 4 is 17.8 Å². The van der Waals surface area contributed by atoms with Gasteiger partial charge in [0.2, 0.25) is 0 Å². The van der Waals surface area contributed by atoms with Gasteiger partial charge in [-0.1, -0.05) is 31.4 Å². The molecule has 7 heteroatoms. The Hall–Kier alpha value is -2.57. The summed E-state index contributed by atoms with van der Waals surface area (Å²) in [4.78, 5) is 37.1. The first kappa shape index (κ1) is 17.3. The van der Waals surface area contributed by atoms with Gasteiger partial charge < -0.3 is 10.1 Å². The lowest BCUT2D eigenvalue weighted by molar-refractivity contribution is -0.142. The van der Waals surface area contributed by atoms with E-state index in [2.05, 4.69) is 10.7 Å². The molecule has 3 rings (SSSR count). The molecule has 0 bridgehead atoms.